The summed E-state index contributed by atoms with van der Waals surface area (Å²) in [5.74, 6) is -0.497. The Kier molecular flexibility index (Phi) is 6.71. The molecule has 0 fully saturated rings. The zero-order valence-corrected chi connectivity index (χ0v) is 20.5. The van der Waals surface area contributed by atoms with Crippen molar-refractivity contribution in [2.45, 2.75) is 25.7 Å². The molecule has 0 saturated carbocycles. The van der Waals surface area contributed by atoms with E-state index >= 15 is 0 Å². The van der Waals surface area contributed by atoms with Gasteiger partial charge in [0.05, 0.1) is 39.9 Å². The van der Waals surface area contributed by atoms with E-state index in [4.69, 9.17) is 28.9 Å². The molecule has 4 aromatic rings. The molecule has 0 atom stereocenters. The van der Waals surface area contributed by atoms with Gasteiger partial charge in [0, 0.05) is 11.3 Å². The Morgan fingerprint density at radius 1 is 1.00 bits per heavy atom. The highest BCUT2D eigenvalue weighted by Crippen LogP contribution is 2.40. The van der Waals surface area contributed by atoms with Crippen molar-refractivity contribution in [1.29, 1.82) is 0 Å². The van der Waals surface area contributed by atoms with Crippen LogP contribution in [-0.2, 0) is 0 Å². The molecule has 1 amide bonds. The van der Waals surface area contributed by atoms with Crippen LogP contribution in [0.25, 0.3) is 22.5 Å². The van der Waals surface area contributed by atoms with Crippen LogP contribution in [0.4, 0.5) is 15.8 Å². The standard InChI is InChI=1S/C26H21Cl2FN6O/c27-22-13-20(18-7-6-16(29)10-24(18)30)19(15-4-2-1-3-5-15)12-21(22)26(36)34-17-11-23(28)25(31-14-17)35-32-8-9-33-35/h4,6-14H,1-3,5,30H2,(H,34,36). The molecule has 36 heavy (non-hydrogen) atoms. The fourth-order valence-electron chi connectivity index (χ4n) is 4.27. The van der Waals surface area contributed by atoms with Crippen molar-refractivity contribution >= 4 is 46.1 Å². The first-order chi connectivity index (χ1) is 17.4. The number of nitrogens with one attached hydrogen (secondary N) is 1. The molecule has 0 saturated heterocycles. The van der Waals surface area contributed by atoms with E-state index in [0.717, 1.165) is 42.4 Å². The van der Waals surface area contributed by atoms with E-state index in [0.29, 0.717) is 22.8 Å². The molecule has 0 bridgehead atoms. The monoisotopic (exact) mass is 522 g/mol. The van der Waals surface area contributed by atoms with Gasteiger partial charge in [0.1, 0.15) is 5.82 Å². The van der Waals surface area contributed by atoms with Crippen LogP contribution in [-0.4, -0.2) is 25.9 Å². The number of pyridine rings is 1. The summed E-state index contributed by atoms with van der Waals surface area (Å²) >= 11 is 12.9. The van der Waals surface area contributed by atoms with Crippen LogP contribution in [0.1, 0.15) is 41.6 Å². The Morgan fingerprint density at radius 3 is 2.50 bits per heavy atom. The van der Waals surface area contributed by atoms with Crippen LogP contribution in [0.3, 0.4) is 0 Å². The van der Waals surface area contributed by atoms with Gasteiger partial charge in [-0.05, 0) is 78.8 Å². The Bertz CT molecular complexity index is 1490. The van der Waals surface area contributed by atoms with Crippen LogP contribution in [0.15, 0.2) is 61.1 Å². The summed E-state index contributed by atoms with van der Waals surface area (Å²) in [5.41, 5.74) is 10.5. The number of nitrogens with two attached hydrogens (primary N) is 1. The second kappa shape index (κ2) is 10.1. The van der Waals surface area contributed by atoms with Crippen molar-refractivity contribution in [2.24, 2.45) is 0 Å². The molecule has 2 aromatic heterocycles. The number of halogens is 3. The van der Waals surface area contributed by atoms with Gasteiger partial charge in [-0.3, -0.25) is 4.79 Å². The highest BCUT2D eigenvalue weighted by molar-refractivity contribution is 6.35. The van der Waals surface area contributed by atoms with Crippen molar-refractivity contribution in [3.05, 3.63) is 88.1 Å². The Labute approximate surface area is 216 Å². The van der Waals surface area contributed by atoms with Gasteiger partial charge < -0.3 is 11.1 Å². The topological polar surface area (TPSA) is 98.7 Å². The molecule has 7 nitrogen and oxygen atoms in total. The number of benzene rings is 2. The molecular weight excluding hydrogens is 502 g/mol. The molecule has 182 valence electrons. The molecule has 0 unspecified atom stereocenters. The maximum absolute atomic E-state index is 13.7. The first kappa shape index (κ1) is 24.0. The maximum atomic E-state index is 13.7. The molecular formula is C26H21Cl2FN6O. The molecule has 0 spiro atoms. The summed E-state index contributed by atoms with van der Waals surface area (Å²) in [6.45, 7) is 0. The summed E-state index contributed by atoms with van der Waals surface area (Å²) in [7, 11) is 0. The molecule has 0 aliphatic heterocycles. The van der Waals surface area contributed by atoms with Gasteiger partial charge in [0.25, 0.3) is 5.91 Å². The van der Waals surface area contributed by atoms with Crippen molar-refractivity contribution < 1.29 is 9.18 Å². The Hall–Kier alpha value is -3.75. The minimum Gasteiger partial charge on any atom is -0.398 e. The molecule has 3 N–H and O–H groups in total. The minimum absolute atomic E-state index is 0.239. The normalized spacial score (nSPS) is 13.4. The lowest BCUT2D eigenvalue weighted by Gasteiger charge is -2.20. The van der Waals surface area contributed by atoms with Crippen molar-refractivity contribution in [3.63, 3.8) is 0 Å². The second-order valence-electron chi connectivity index (χ2n) is 8.39. The van der Waals surface area contributed by atoms with Gasteiger partial charge in [-0.25, -0.2) is 9.37 Å². The van der Waals surface area contributed by atoms with E-state index in [1.54, 1.807) is 24.3 Å². The molecule has 5 rings (SSSR count). The van der Waals surface area contributed by atoms with E-state index in [1.807, 2.05) is 0 Å². The van der Waals surface area contributed by atoms with Crippen molar-refractivity contribution in [1.82, 2.24) is 20.0 Å². The summed E-state index contributed by atoms with van der Waals surface area (Å²) in [6.07, 6.45) is 10.6. The van der Waals surface area contributed by atoms with E-state index in [2.05, 4.69) is 26.6 Å². The first-order valence-electron chi connectivity index (χ1n) is 11.3. The maximum Gasteiger partial charge on any atom is 0.257 e. The number of nitrogens with zero attached hydrogens (tertiary/aromatic N) is 4. The van der Waals surface area contributed by atoms with Crippen LogP contribution in [0.5, 0.6) is 0 Å². The van der Waals surface area contributed by atoms with E-state index in [1.165, 1.54) is 35.5 Å². The zero-order chi connectivity index (χ0) is 25.2. The lowest BCUT2D eigenvalue weighted by atomic mass is 9.86. The Balaban J connectivity index is 1.52. The number of carbonyl (C=O) groups excluding carboxylic acids is 1. The van der Waals surface area contributed by atoms with Gasteiger partial charge in [-0.15, -0.1) is 4.80 Å². The first-order valence-corrected chi connectivity index (χ1v) is 12.1. The van der Waals surface area contributed by atoms with E-state index in [9.17, 15) is 9.18 Å². The highest BCUT2D eigenvalue weighted by atomic mass is 35.5. The lowest BCUT2D eigenvalue weighted by Crippen LogP contribution is -2.14. The quantitative estimate of drug-likeness (QED) is 0.289. The molecule has 0 radical (unpaired) electrons. The number of allylic oxidation sites excluding steroid dienone is 2. The van der Waals surface area contributed by atoms with E-state index < -0.39 is 11.7 Å². The van der Waals surface area contributed by atoms with Crippen LogP contribution in [0, 0.1) is 5.82 Å². The zero-order valence-electron chi connectivity index (χ0n) is 19.0. The fraction of sp³-hybridized carbons (Fsp3) is 0.154. The fourth-order valence-corrected chi connectivity index (χ4v) is 4.76. The summed E-state index contributed by atoms with van der Waals surface area (Å²) < 4.78 is 13.7. The highest BCUT2D eigenvalue weighted by Gasteiger charge is 2.21. The van der Waals surface area contributed by atoms with Gasteiger partial charge in [0.15, 0.2) is 5.82 Å². The molecule has 10 heteroatoms. The third kappa shape index (κ3) is 4.82. The number of anilines is 2. The summed E-state index contributed by atoms with van der Waals surface area (Å²) in [6, 6.07) is 9.32. The van der Waals surface area contributed by atoms with Gasteiger partial charge in [0.2, 0.25) is 0 Å². The predicted octanol–water partition coefficient (Wildman–Crippen LogP) is 6.57. The molecule has 1 aliphatic carbocycles. The number of hydrogen-bond acceptors (Lipinski definition) is 5. The lowest BCUT2D eigenvalue weighted by molar-refractivity contribution is 0.102. The third-order valence-corrected chi connectivity index (χ3v) is 6.57. The number of hydrogen-bond donors (Lipinski definition) is 2. The van der Waals surface area contributed by atoms with Gasteiger partial charge in [-0.1, -0.05) is 29.3 Å². The number of amides is 1. The number of carbonyl (C=O) groups is 1. The molecule has 2 aromatic carbocycles. The van der Waals surface area contributed by atoms with Crippen molar-refractivity contribution in [3.8, 4) is 16.9 Å². The van der Waals surface area contributed by atoms with Crippen LogP contribution >= 0.6 is 23.2 Å². The van der Waals surface area contributed by atoms with Gasteiger partial charge >= 0.3 is 0 Å². The van der Waals surface area contributed by atoms with E-state index in [-0.39, 0.29) is 15.6 Å². The number of nitrogen functional groups attached to an aromatic ring is 1. The van der Waals surface area contributed by atoms with Crippen LogP contribution < -0.4 is 11.1 Å². The largest absolute Gasteiger partial charge is 0.398 e. The second-order valence-corrected chi connectivity index (χ2v) is 9.20. The van der Waals surface area contributed by atoms with Crippen LogP contribution in [0.2, 0.25) is 10.0 Å². The number of aromatic nitrogens is 4. The Morgan fingerprint density at radius 2 is 1.81 bits per heavy atom. The third-order valence-electron chi connectivity index (χ3n) is 5.98. The number of rotatable bonds is 5. The minimum atomic E-state index is -0.418. The summed E-state index contributed by atoms with van der Waals surface area (Å²) in [4.78, 5) is 18.8. The summed E-state index contributed by atoms with van der Waals surface area (Å²) in [5, 5.41) is 11.3. The smallest absolute Gasteiger partial charge is 0.257 e. The molecule has 1 aliphatic rings. The van der Waals surface area contributed by atoms with Crippen molar-refractivity contribution in [2.75, 3.05) is 11.1 Å². The average Bonchev–Trinajstić information content (AvgIpc) is 3.39. The SMILES string of the molecule is Nc1cc(F)ccc1-c1cc(Cl)c(C(=O)Nc2cnc(-n3nccn3)c(Cl)c2)cc1C1=CCCCC1. The predicted molar refractivity (Wildman–Crippen MR) is 140 cm³/mol. The molecule has 2 heterocycles. The average molecular weight is 523 g/mol. The van der Waals surface area contributed by atoms with Gasteiger partial charge in [-0.2, -0.15) is 10.2 Å².